The van der Waals surface area contributed by atoms with Crippen LogP contribution < -0.4 is 10.6 Å². The smallest absolute Gasteiger partial charge is 0.267 e. The quantitative estimate of drug-likeness (QED) is 0.717. The fraction of sp³-hybridized carbons (Fsp3) is 0.158. The number of aromatic nitrogens is 2. The van der Waals surface area contributed by atoms with E-state index in [1.54, 1.807) is 48.8 Å². The Hall–Kier alpha value is -3.06. The average Bonchev–Trinajstić information content (AvgIpc) is 3.04. The predicted molar refractivity (Wildman–Crippen MR) is 103 cm³/mol. The van der Waals surface area contributed by atoms with Crippen molar-refractivity contribution in [3.63, 3.8) is 0 Å². The van der Waals surface area contributed by atoms with E-state index in [9.17, 15) is 9.59 Å². The molecule has 7 heteroatoms. The lowest BCUT2D eigenvalue weighted by Crippen LogP contribution is -2.14. The SMILES string of the molecule is CCc1nc(C)c(C(=O)Nc2cccc(C(=O)Nc3ccncc3)c2)s1. The summed E-state index contributed by atoms with van der Waals surface area (Å²) in [4.78, 5) is 33.7. The zero-order valence-corrected chi connectivity index (χ0v) is 15.3. The fourth-order valence-electron chi connectivity index (χ4n) is 2.38. The van der Waals surface area contributed by atoms with E-state index in [2.05, 4.69) is 20.6 Å². The zero-order chi connectivity index (χ0) is 18.5. The second-order valence-corrected chi connectivity index (χ2v) is 6.68. The van der Waals surface area contributed by atoms with Crippen LogP contribution in [-0.2, 0) is 6.42 Å². The topological polar surface area (TPSA) is 84.0 Å². The number of carbonyl (C=O) groups excluding carboxylic acids is 2. The molecular weight excluding hydrogens is 348 g/mol. The average molecular weight is 366 g/mol. The zero-order valence-electron chi connectivity index (χ0n) is 14.4. The van der Waals surface area contributed by atoms with E-state index in [-0.39, 0.29) is 11.8 Å². The summed E-state index contributed by atoms with van der Waals surface area (Å²) in [5, 5.41) is 6.56. The highest BCUT2D eigenvalue weighted by Gasteiger charge is 2.15. The van der Waals surface area contributed by atoms with E-state index in [0.29, 0.717) is 21.8 Å². The highest BCUT2D eigenvalue weighted by Crippen LogP contribution is 2.21. The summed E-state index contributed by atoms with van der Waals surface area (Å²) in [7, 11) is 0. The molecule has 3 aromatic rings. The van der Waals surface area contributed by atoms with Gasteiger partial charge < -0.3 is 10.6 Å². The lowest BCUT2D eigenvalue weighted by Gasteiger charge is -2.08. The van der Waals surface area contributed by atoms with E-state index in [1.165, 1.54) is 11.3 Å². The summed E-state index contributed by atoms with van der Waals surface area (Å²) in [5.41, 5.74) is 2.39. The first-order valence-corrected chi connectivity index (χ1v) is 8.97. The summed E-state index contributed by atoms with van der Waals surface area (Å²) in [5.74, 6) is -0.471. The molecule has 0 fully saturated rings. The number of aryl methyl sites for hydroxylation is 2. The van der Waals surface area contributed by atoms with E-state index in [1.807, 2.05) is 13.8 Å². The van der Waals surface area contributed by atoms with Crippen molar-refractivity contribution in [3.05, 3.63) is 69.9 Å². The third-order valence-corrected chi connectivity index (χ3v) is 4.97. The van der Waals surface area contributed by atoms with Crippen LogP contribution >= 0.6 is 11.3 Å². The van der Waals surface area contributed by atoms with Crippen LogP contribution in [0.25, 0.3) is 0 Å². The molecule has 2 N–H and O–H groups in total. The van der Waals surface area contributed by atoms with Crippen LogP contribution in [0, 0.1) is 6.92 Å². The van der Waals surface area contributed by atoms with Crippen LogP contribution in [0.15, 0.2) is 48.8 Å². The van der Waals surface area contributed by atoms with Crippen LogP contribution in [0.3, 0.4) is 0 Å². The van der Waals surface area contributed by atoms with Crippen LogP contribution in [0.4, 0.5) is 11.4 Å². The first kappa shape index (κ1) is 17.8. The van der Waals surface area contributed by atoms with Gasteiger partial charge in [0.2, 0.25) is 0 Å². The molecule has 0 aliphatic carbocycles. The monoisotopic (exact) mass is 366 g/mol. The number of nitrogens with zero attached hydrogens (tertiary/aromatic N) is 2. The predicted octanol–water partition coefficient (Wildman–Crippen LogP) is 3.91. The standard InChI is InChI=1S/C19H18N4O2S/c1-3-16-21-12(2)17(26-16)19(25)23-15-6-4-5-13(11-15)18(24)22-14-7-9-20-10-8-14/h4-11H,3H2,1-2H3,(H,23,25)(H,20,22,24). The molecule has 1 aromatic carbocycles. The van der Waals surface area contributed by atoms with Crippen LogP contribution in [-0.4, -0.2) is 21.8 Å². The van der Waals surface area contributed by atoms with Crippen LogP contribution in [0.5, 0.6) is 0 Å². The molecule has 0 unspecified atom stereocenters. The molecule has 2 aromatic heterocycles. The third kappa shape index (κ3) is 4.12. The van der Waals surface area contributed by atoms with Crippen molar-refractivity contribution < 1.29 is 9.59 Å². The molecule has 26 heavy (non-hydrogen) atoms. The Morgan fingerprint density at radius 1 is 1.04 bits per heavy atom. The number of carbonyl (C=O) groups is 2. The van der Waals surface area contributed by atoms with Gasteiger partial charge in [-0.2, -0.15) is 0 Å². The minimum Gasteiger partial charge on any atom is -0.322 e. The van der Waals surface area contributed by atoms with Crippen molar-refractivity contribution in [1.82, 2.24) is 9.97 Å². The van der Waals surface area contributed by atoms with E-state index in [4.69, 9.17) is 0 Å². The normalized spacial score (nSPS) is 10.4. The number of thiazole rings is 1. The first-order valence-electron chi connectivity index (χ1n) is 8.16. The molecule has 0 spiro atoms. The molecule has 0 radical (unpaired) electrons. The summed E-state index contributed by atoms with van der Waals surface area (Å²) >= 11 is 1.39. The second-order valence-electron chi connectivity index (χ2n) is 5.60. The molecule has 132 valence electrons. The second kappa shape index (κ2) is 7.88. The molecule has 0 bridgehead atoms. The molecule has 0 saturated heterocycles. The summed E-state index contributed by atoms with van der Waals surface area (Å²) in [6, 6.07) is 10.2. The van der Waals surface area contributed by atoms with Gasteiger partial charge in [0.05, 0.1) is 10.7 Å². The van der Waals surface area contributed by atoms with Crippen molar-refractivity contribution >= 4 is 34.5 Å². The summed E-state index contributed by atoms with van der Waals surface area (Å²) in [6.07, 6.45) is 4.01. The molecule has 0 aliphatic heterocycles. The Morgan fingerprint density at radius 2 is 1.77 bits per heavy atom. The number of pyridine rings is 1. The van der Waals surface area contributed by atoms with Gasteiger partial charge in [0.25, 0.3) is 11.8 Å². The Kier molecular flexibility index (Phi) is 5.38. The van der Waals surface area contributed by atoms with Gasteiger partial charge in [-0.25, -0.2) is 4.98 Å². The lowest BCUT2D eigenvalue weighted by molar-refractivity contribution is 0.101. The van der Waals surface area contributed by atoms with Crippen molar-refractivity contribution in [3.8, 4) is 0 Å². The highest BCUT2D eigenvalue weighted by atomic mass is 32.1. The van der Waals surface area contributed by atoms with Gasteiger partial charge in [-0.1, -0.05) is 13.0 Å². The van der Waals surface area contributed by atoms with Gasteiger partial charge in [-0.05, 0) is 43.7 Å². The molecule has 0 saturated carbocycles. The molecule has 0 aliphatic rings. The van der Waals surface area contributed by atoms with Crippen molar-refractivity contribution in [2.75, 3.05) is 10.6 Å². The van der Waals surface area contributed by atoms with E-state index in [0.717, 1.165) is 17.1 Å². The first-order chi connectivity index (χ1) is 12.6. The maximum atomic E-state index is 12.5. The van der Waals surface area contributed by atoms with Gasteiger partial charge >= 0.3 is 0 Å². The molecule has 2 heterocycles. The summed E-state index contributed by atoms with van der Waals surface area (Å²) in [6.45, 7) is 3.83. The van der Waals surface area contributed by atoms with Gasteiger partial charge in [0.1, 0.15) is 4.88 Å². The highest BCUT2D eigenvalue weighted by molar-refractivity contribution is 7.13. The van der Waals surface area contributed by atoms with Crippen LogP contribution in [0.2, 0.25) is 0 Å². The minimum atomic E-state index is -0.255. The third-order valence-electron chi connectivity index (χ3n) is 3.67. The number of amides is 2. The number of hydrogen-bond donors (Lipinski definition) is 2. The van der Waals surface area contributed by atoms with Gasteiger partial charge in [-0.3, -0.25) is 14.6 Å². The minimum absolute atomic E-state index is 0.216. The Bertz CT molecular complexity index is 938. The molecule has 6 nitrogen and oxygen atoms in total. The van der Waals surface area contributed by atoms with Crippen molar-refractivity contribution in [2.45, 2.75) is 20.3 Å². The van der Waals surface area contributed by atoms with Crippen molar-refractivity contribution in [1.29, 1.82) is 0 Å². The van der Waals surface area contributed by atoms with Gasteiger partial charge in [-0.15, -0.1) is 11.3 Å². The number of hydrogen-bond acceptors (Lipinski definition) is 5. The fourth-order valence-corrected chi connectivity index (χ4v) is 3.28. The van der Waals surface area contributed by atoms with Crippen LogP contribution in [0.1, 0.15) is 37.7 Å². The van der Waals surface area contributed by atoms with Crippen molar-refractivity contribution in [2.24, 2.45) is 0 Å². The molecule has 2 amide bonds. The molecule has 3 rings (SSSR count). The Balaban J connectivity index is 1.73. The van der Waals surface area contributed by atoms with E-state index >= 15 is 0 Å². The van der Waals surface area contributed by atoms with E-state index < -0.39 is 0 Å². The summed E-state index contributed by atoms with van der Waals surface area (Å²) < 4.78 is 0. The number of rotatable bonds is 5. The number of nitrogens with one attached hydrogen (secondary N) is 2. The maximum Gasteiger partial charge on any atom is 0.267 e. The van der Waals surface area contributed by atoms with Gasteiger partial charge in [0.15, 0.2) is 0 Å². The Labute approximate surface area is 155 Å². The Morgan fingerprint density at radius 3 is 2.46 bits per heavy atom. The number of anilines is 2. The van der Waals surface area contributed by atoms with Gasteiger partial charge in [0, 0.05) is 29.3 Å². The lowest BCUT2D eigenvalue weighted by atomic mass is 10.2. The molecule has 0 atom stereocenters. The maximum absolute atomic E-state index is 12.5. The number of benzene rings is 1. The largest absolute Gasteiger partial charge is 0.322 e. The molecular formula is C19H18N4O2S.